The number of hydrogen-bond donors (Lipinski definition) is 0. The molecule has 5 aliphatic rings. The molecule has 3 fully saturated rings. The molecular weight excluding hydrogens is 892 g/mol. The van der Waals surface area contributed by atoms with Gasteiger partial charge in [-0.25, -0.2) is 0 Å². The summed E-state index contributed by atoms with van der Waals surface area (Å²) in [5.74, 6) is 1.08. The molecule has 0 spiro atoms. The molecule has 4 aliphatic carbocycles. The zero-order chi connectivity index (χ0) is 35.1. The minimum absolute atomic E-state index is 0. The van der Waals surface area contributed by atoms with Gasteiger partial charge in [-0.1, -0.05) is 0 Å². The summed E-state index contributed by atoms with van der Waals surface area (Å²) in [7, 11) is 0. The standard InChI is InChI=1S/2C21H18F3.C2H4.2ClH.Hf/c2*22-21(23,24)18-10-8-15(9-11-18)19-7-3-6-16-12-17(13-20(16)19)14-4-1-2-5-14;1-2;;;/h2*3,6-14H,1-2,4-5H2;1-2H2;2*1H;. The molecule has 278 valence electrons. The first-order valence-corrected chi connectivity index (χ1v) is 27.8. The molecule has 0 bridgehead atoms. The molecule has 9 heteroatoms. The van der Waals surface area contributed by atoms with Crippen LogP contribution in [0.5, 0.6) is 0 Å². The topological polar surface area (TPSA) is 0 Å². The Labute approximate surface area is 324 Å². The van der Waals surface area contributed by atoms with Gasteiger partial charge >= 0.3 is 301 Å². The van der Waals surface area contributed by atoms with E-state index >= 15 is 0 Å². The van der Waals surface area contributed by atoms with E-state index in [0.717, 1.165) is 22.3 Å². The molecule has 1 heterocycles. The Balaban J connectivity index is 0.00000218. The van der Waals surface area contributed by atoms with Crippen LogP contribution in [0.1, 0.15) is 92.1 Å². The van der Waals surface area contributed by atoms with E-state index < -0.39 is 43.4 Å². The van der Waals surface area contributed by atoms with Crippen molar-refractivity contribution < 1.29 is 46.3 Å². The first-order chi connectivity index (χ1) is 24.5. The van der Waals surface area contributed by atoms with Crippen LogP contribution in [0, 0.1) is 11.8 Å². The average Bonchev–Trinajstić information content (AvgIpc) is 3.65. The molecule has 1 aliphatic heterocycles. The number of rotatable bonds is 6. The van der Waals surface area contributed by atoms with E-state index in [-0.39, 0.29) is 24.8 Å². The predicted molar refractivity (Wildman–Crippen MR) is 203 cm³/mol. The molecule has 2 saturated carbocycles. The van der Waals surface area contributed by atoms with Gasteiger partial charge in [-0.2, -0.15) is 0 Å². The van der Waals surface area contributed by atoms with Gasteiger partial charge in [0.2, 0.25) is 0 Å². The van der Waals surface area contributed by atoms with Crippen LogP contribution in [0.2, 0.25) is 8.35 Å². The number of allylic oxidation sites excluding steroid dienone is 2. The normalized spacial score (nSPS) is 22.1. The maximum absolute atomic E-state index is 13.5. The van der Waals surface area contributed by atoms with E-state index in [1.54, 1.807) is 35.4 Å². The van der Waals surface area contributed by atoms with Crippen molar-refractivity contribution in [2.24, 2.45) is 11.8 Å². The van der Waals surface area contributed by atoms with Crippen molar-refractivity contribution in [1.29, 1.82) is 0 Å². The van der Waals surface area contributed by atoms with E-state index in [0.29, 0.717) is 19.2 Å². The number of benzene rings is 4. The fourth-order valence-corrected chi connectivity index (χ4v) is 38.6. The minimum atomic E-state index is -4.38. The van der Waals surface area contributed by atoms with Gasteiger partial charge in [-0.05, 0) is 0 Å². The van der Waals surface area contributed by atoms with Crippen LogP contribution in [0.15, 0.2) is 96.1 Å². The summed E-state index contributed by atoms with van der Waals surface area (Å²) in [6.45, 7) is 0. The van der Waals surface area contributed by atoms with Gasteiger partial charge in [-0.15, -0.1) is 24.8 Å². The molecule has 2 atom stereocenters. The Kier molecular flexibility index (Phi) is 10.6. The SMILES string of the molecule is Cl.Cl.FC(F)(F)c1ccc(-c2cccc3c2C=C(C2CCCC2)[CH]3[Hf]2([CH]3C(C4CCCC4)=Cc4c(-c5ccc(C(F)(F)F)cc5)cccc43)[CH2][CH2]2)cc1. The van der Waals surface area contributed by atoms with Gasteiger partial charge in [0, 0.05) is 0 Å². The molecule has 0 N–H and O–H groups in total. The fraction of sp³-hybridized carbons (Fsp3) is 0.364. The van der Waals surface area contributed by atoms with Crippen LogP contribution in [0.4, 0.5) is 26.3 Å². The van der Waals surface area contributed by atoms with E-state index in [9.17, 15) is 26.3 Å². The molecular formula is C44H42Cl2F6Hf. The Morgan fingerprint density at radius 2 is 0.830 bits per heavy atom. The summed E-state index contributed by atoms with van der Waals surface area (Å²) in [6, 6.07) is 24.3. The van der Waals surface area contributed by atoms with Crippen LogP contribution in [-0.2, 0) is 32.3 Å². The second kappa shape index (κ2) is 14.5. The molecule has 0 aromatic heterocycles. The summed E-state index contributed by atoms with van der Waals surface area (Å²) < 4.78 is 84.4. The third-order valence-corrected chi connectivity index (χ3v) is 31.7. The monoisotopic (exact) mass is 934 g/mol. The van der Waals surface area contributed by atoms with Crippen LogP contribution >= 0.6 is 24.8 Å². The second-order valence-electron chi connectivity index (χ2n) is 15.6. The van der Waals surface area contributed by atoms with Gasteiger partial charge < -0.3 is 0 Å². The molecule has 4 aromatic rings. The van der Waals surface area contributed by atoms with Crippen LogP contribution in [0.3, 0.4) is 0 Å². The molecule has 0 nitrogen and oxygen atoms in total. The third kappa shape index (κ3) is 6.73. The van der Waals surface area contributed by atoms with Crippen molar-refractivity contribution in [3.05, 3.63) is 129 Å². The van der Waals surface area contributed by atoms with Gasteiger partial charge in [0.1, 0.15) is 0 Å². The molecule has 0 amide bonds. The van der Waals surface area contributed by atoms with Crippen molar-refractivity contribution in [3.8, 4) is 22.3 Å². The Hall–Kier alpha value is -2.61. The van der Waals surface area contributed by atoms with Gasteiger partial charge in [0.15, 0.2) is 0 Å². The zero-order valence-electron chi connectivity index (χ0n) is 29.2. The zero-order valence-corrected chi connectivity index (χ0v) is 34.4. The van der Waals surface area contributed by atoms with E-state index in [4.69, 9.17) is 0 Å². The average molecular weight is 934 g/mol. The van der Waals surface area contributed by atoms with Crippen molar-refractivity contribution in [1.82, 2.24) is 0 Å². The van der Waals surface area contributed by atoms with Gasteiger partial charge in [0.25, 0.3) is 0 Å². The molecule has 2 unspecified atom stereocenters. The molecule has 4 aromatic carbocycles. The number of hydrogen-bond acceptors (Lipinski definition) is 0. The van der Waals surface area contributed by atoms with Gasteiger partial charge in [0.05, 0.1) is 0 Å². The van der Waals surface area contributed by atoms with Crippen molar-refractivity contribution in [2.75, 3.05) is 0 Å². The Morgan fingerprint density at radius 1 is 0.472 bits per heavy atom. The Bertz CT molecular complexity index is 1900. The molecule has 0 radical (unpaired) electrons. The van der Waals surface area contributed by atoms with Crippen LogP contribution < -0.4 is 0 Å². The van der Waals surface area contributed by atoms with Crippen molar-refractivity contribution in [2.45, 2.75) is 79.4 Å². The number of halogens is 8. The van der Waals surface area contributed by atoms with E-state index in [2.05, 4.69) is 48.6 Å². The fourth-order valence-electron chi connectivity index (χ4n) is 10.4. The molecule has 9 rings (SSSR count). The van der Waals surface area contributed by atoms with E-state index in [1.165, 1.54) is 106 Å². The summed E-state index contributed by atoms with van der Waals surface area (Å²) in [5, 5.41) is 0. The number of alkyl halides is 6. The van der Waals surface area contributed by atoms with Crippen LogP contribution in [0.25, 0.3) is 34.4 Å². The summed E-state index contributed by atoms with van der Waals surface area (Å²) in [4.78, 5) is 0. The Morgan fingerprint density at radius 3 is 1.15 bits per heavy atom. The second-order valence-corrected chi connectivity index (χ2v) is 32.2. The van der Waals surface area contributed by atoms with Crippen molar-refractivity contribution >= 4 is 37.0 Å². The first kappa shape index (κ1) is 38.7. The van der Waals surface area contributed by atoms with Crippen molar-refractivity contribution in [3.63, 3.8) is 0 Å². The summed E-state index contributed by atoms with van der Waals surface area (Å²) >= 11 is -3.34. The summed E-state index contributed by atoms with van der Waals surface area (Å²) in [6.07, 6.45) is 5.90. The predicted octanol–water partition coefficient (Wildman–Crippen LogP) is 14.9. The first-order valence-electron chi connectivity index (χ1n) is 18.6. The van der Waals surface area contributed by atoms with Crippen LogP contribution in [-0.4, -0.2) is 0 Å². The third-order valence-electron chi connectivity index (χ3n) is 12.9. The molecule has 53 heavy (non-hydrogen) atoms. The quantitative estimate of drug-likeness (QED) is 0.133. The maximum atomic E-state index is 13.5. The van der Waals surface area contributed by atoms with E-state index in [1.807, 2.05) is 0 Å². The summed E-state index contributed by atoms with van der Waals surface area (Å²) in [5.41, 5.74) is 10.8. The number of fused-ring (bicyclic) bond motifs is 2. The molecule has 1 saturated heterocycles. The van der Waals surface area contributed by atoms with Gasteiger partial charge in [-0.3, -0.25) is 0 Å².